The predicted octanol–water partition coefficient (Wildman–Crippen LogP) is 3.82. The number of hydrogen-bond donors (Lipinski definition) is 0. The van der Waals surface area contributed by atoms with Gasteiger partial charge in [-0.05, 0) is 68.1 Å². The van der Waals surface area contributed by atoms with Crippen molar-refractivity contribution in [3.8, 4) is 0 Å². The van der Waals surface area contributed by atoms with Gasteiger partial charge in [0.1, 0.15) is 17.9 Å². The van der Waals surface area contributed by atoms with Crippen molar-refractivity contribution in [2.75, 3.05) is 33.2 Å². The first-order valence-corrected chi connectivity index (χ1v) is 12.1. The zero-order valence-electron chi connectivity index (χ0n) is 20.1. The average molecular weight is 500 g/mol. The number of carbonyl (C=O) groups is 2. The van der Waals surface area contributed by atoms with Crippen LogP contribution in [0.2, 0.25) is 0 Å². The van der Waals surface area contributed by atoms with Gasteiger partial charge in [0.15, 0.2) is 5.78 Å². The van der Waals surface area contributed by atoms with Crippen LogP contribution in [0.1, 0.15) is 41.0 Å². The molecule has 0 bridgehead atoms. The van der Waals surface area contributed by atoms with Crippen LogP contribution in [0, 0.1) is 5.41 Å². The molecule has 0 saturated carbocycles. The van der Waals surface area contributed by atoms with Gasteiger partial charge in [0.2, 0.25) is 5.91 Å². The van der Waals surface area contributed by atoms with Crippen LogP contribution in [0.4, 0.5) is 13.2 Å². The lowest BCUT2D eigenvalue weighted by atomic mass is 9.78. The number of carbonyl (C=O) groups excluding carboxylic acids is 2. The van der Waals surface area contributed by atoms with E-state index in [1.54, 1.807) is 29.1 Å². The third kappa shape index (κ3) is 5.13. The average Bonchev–Trinajstić information content (AvgIpc) is 3.41. The molecule has 0 aliphatic carbocycles. The monoisotopic (exact) mass is 499 g/mol. The van der Waals surface area contributed by atoms with E-state index in [1.807, 2.05) is 4.90 Å². The molecule has 2 aliphatic heterocycles. The topological polar surface area (TPSA) is 71.3 Å². The fraction of sp³-hybridized carbons (Fsp3) is 0.462. The van der Waals surface area contributed by atoms with Crippen molar-refractivity contribution in [1.82, 2.24) is 24.6 Å². The Labute approximate surface area is 206 Å². The highest BCUT2D eigenvalue weighted by atomic mass is 19.4. The smallest absolute Gasteiger partial charge is 0.341 e. The molecule has 1 aromatic carbocycles. The number of likely N-dealkylation sites (tertiary alicyclic amines) is 2. The number of amides is 1. The third-order valence-corrected chi connectivity index (χ3v) is 7.41. The van der Waals surface area contributed by atoms with Crippen molar-refractivity contribution in [3.63, 3.8) is 0 Å². The molecule has 190 valence electrons. The largest absolute Gasteiger partial charge is 0.433 e. The van der Waals surface area contributed by atoms with Crippen molar-refractivity contribution >= 4 is 22.6 Å². The molecule has 0 N–H and O–H groups in total. The van der Waals surface area contributed by atoms with E-state index in [0.29, 0.717) is 16.5 Å². The zero-order chi connectivity index (χ0) is 25.5. The minimum Gasteiger partial charge on any atom is -0.341 e. The second kappa shape index (κ2) is 9.31. The molecule has 0 radical (unpaired) electrons. The Morgan fingerprint density at radius 3 is 2.50 bits per heavy atom. The van der Waals surface area contributed by atoms with Gasteiger partial charge in [-0.2, -0.15) is 18.3 Å². The van der Waals surface area contributed by atoms with Gasteiger partial charge in [-0.1, -0.05) is 12.1 Å². The fourth-order valence-electron chi connectivity index (χ4n) is 5.38. The second-order valence-electron chi connectivity index (χ2n) is 10.1. The Morgan fingerprint density at radius 1 is 1.06 bits per heavy atom. The highest BCUT2D eigenvalue weighted by Gasteiger charge is 2.40. The summed E-state index contributed by atoms with van der Waals surface area (Å²) in [6.07, 6.45) is 0.333. The van der Waals surface area contributed by atoms with Crippen LogP contribution < -0.4 is 0 Å². The molecule has 1 spiro atoms. The summed E-state index contributed by atoms with van der Waals surface area (Å²) in [7, 11) is 2.15. The van der Waals surface area contributed by atoms with E-state index >= 15 is 0 Å². The minimum absolute atomic E-state index is 0.0371. The maximum atomic E-state index is 12.9. The SMILES string of the molecule is CN1CCC2(CCN(C(=O)Cn3cc4cc(CC(=O)c5cccc(C(F)(F)F)n5)ccc4n3)CC2)C1. The van der Waals surface area contributed by atoms with Gasteiger partial charge in [-0.3, -0.25) is 14.3 Å². The van der Waals surface area contributed by atoms with Gasteiger partial charge in [0.05, 0.1) is 5.52 Å². The number of fused-ring (bicyclic) bond motifs is 1. The Bertz CT molecular complexity index is 1290. The summed E-state index contributed by atoms with van der Waals surface area (Å²) < 4.78 is 40.4. The number of benzene rings is 1. The van der Waals surface area contributed by atoms with Gasteiger partial charge in [0.25, 0.3) is 0 Å². The number of alkyl halides is 3. The lowest BCUT2D eigenvalue weighted by molar-refractivity contribution is -0.141. The van der Waals surface area contributed by atoms with E-state index in [9.17, 15) is 22.8 Å². The van der Waals surface area contributed by atoms with Crippen LogP contribution in [0.3, 0.4) is 0 Å². The van der Waals surface area contributed by atoms with E-state index in [4.69, 9.17) is 0 Å². The van der Waals surface area contributed by atoms with E-state index in [1.165, 1.54) is 18.6 Å². The van der Waals surface area contributed by atoms with E-state index in [2.05, 4.69) is 22.0 Å². The number of halogens is 3. The molecule has 2 aliphatic rings. The standard InChI is InChI=1S/C26H28F3N5O2/c1-32-10-7-25(17-32)8-11-33(12-9-25)24(36)16-34-15-19-13-18(5-6-20(19)31-34)14-22(35)21-3-2-4-23(30-21)26(27,28)29/h2-6,13,15H,7-12,14,16-17H2,1H3. The second-order valence-corrected chi connectivity index (χ2v) is 10.1. The van der Waals surface area contributed by atoms with Gasteiger partial charge in [-0.25, -0.2) is 4.98 Å². The third-order valence-electron chi connectivity index (χ3n) is 7.41. The van der Waals surface area contributed by atoms with Gasteiger partial charge >= 0.3 is 6.18 Å². The number of ketones is 1. The molecular formula is C26H28F3N5O2. The quantitative estimate of drug-likeness (QED) is 0.499. The summed E-state index contributed by atoms with van der Waals surface area (Å²) in [4.78, 5) is 33.2. The van der Waals surface area contributed by atoms with Crippen molar-refractivity contribution in [2.24, 2.45) is 5.41 Å². The molecule has 2 fully saturated rings. The summed E-state index contributed by atoms with van der Waals surface area (Å²) in [6.45, 7) is 3.91. The van der Waals surface area contributed by atoms with Gasteiger partial charge < -0.3 is 9.80 Å². The molecule has 4 heterocycles. The lowest BCUT2D eigenvalue weighted by Crippen LogP contribution is -2.45. The van der Waals surface area contributed by atoms with Crippen molar-refractivity contribution < 1.29 is 22.8 Å². The van der Waals surface area contributed by atoms with Crippen LogP contribution >= 0.6 is 0 Å². The van der Waals surface area contributed by atoms with Gasteiger partial charge in [0, 0.05) is 37.6 Å². The Hall–Kier alpha value is -3.27. The van der Waals surface area contributed by atoms with E-state index in [-0.39, 0.29) is 24.6 Å². The number of Topliss-reactive ketones (excluding diaryl/α,β-unsaturated/α-hetero) is 1. The summed E-state index contributed by atoms with van der Waals surface area (Å²) in [5.41, 5.74) is 0.361. The number of piperidine rings is 1. The highest BCUT2D eigenvalue weighted by molar-refractivity contribution is 5.96. The van der Waals surface area contributed by atoms with Crippen molar-refractivity contribution in [2.45, 2.75) is 38.4 Å². The van der Waals surface area contributed by atoms with Crippen LogP contribution in [-0.2, 0) is 23.9 Å². The molecule has 0 atom stereocenters. The van der Waals surface area contributed by atoms with Gasteiger partial charge in [-0.15, -0.1) is 0 Å². The zero-order valence-corrected chi connectivity index (χ0v) is 20.1. The lowest BCUT2D eigenvalue weighted by Gasteiger charge is -2.39. The Kier molecular flexibility index (Phi) is 6.32. The van der Waals surface area contributed by atoms with Crippen LogP contribution in [-0.4, -0.2) is 69.5 Å². The number of rotatable bonds is 5. The van der Waals surface area contributed by atoms with E-state index < -0.39 is 17.7 Å². The highest BCUT2D eigenvalue weighted by Crippen LogP contribution is 2.39. The maximum absolute atomic E-state index is 12.9. The maximum Gasteiger partial charge on any atom is 0.433 e. The normalized spacial score (nSPS) is 18.3. The molecule has 7 nitrogen and oxygen atoms in total. The molecule has 2 aromatic heterocycles. The number of nitrogens with zero attached hydrogens (tertiary/aromatic N) is 5. The Morgan fingerprint density at radius 2 is 1.81 bits per heavy atom. The van der Waals surface area contributed by atoms with E-state index in [0.717, 1.165) is 50.5 Å². The molecular weight excluding hydrogens is 471 g/mol. The summed E-state index contributed by atoms with van der Waals surface area (Å²) in [5.74, 6) is -0.464. The van der Waals surface area contributed by atoms with Crippen LogP contribution in [0.25, 0.3) is 10.9 Å². The van der Waals surface area contributed by atoms with Crippen molar-refractivity contribution in [3.05, 3.63) is 59.5 Å². The molecule has 36 heavy (non-hydrogen) atoms. The predicted molar refractivity (Wildman–Crippen MR) is 127 cm³/mol. The van der Waals surface area contributed by atoms with Crippen LogP contribution in [0.15, 0.2) is 42.6 Å². The molecule has 3 aromatic rings. The fourth-order valence-corrected chi connectivity index (χ4v) is 5.38. The summed E-state index contributed by atoms with van der Waals surface area (Å²) >= 11 is 0. The molecule has 0 unspecified atom stereocenters. The first-order valence-electron chi connectivity index (χ1n) is 12.1. The molecule has 10 heteroatoms. The van der Waals surface area contributed by atoms with Crippen molar-refractivity contribution in [1.29, 1.82) is 0 Å². The first-order chi connectivity index (χ1) is 17.1. The number of hydrogen-bond acceptors (Lipinski definition) is 5. The molecule has 5 rings (SSSR count). The van der Waals surface area contributed by atoms with Crippen LogP contribution in [0.5, 0.6) is 0 Å². The first kappa shape index (κ1) is 24.4. The minimum atomic E-state index is -4.61. The molecule has 1 amide bonds. The number of pyridine rings is 1. The molecule has 2 saturated heterocycles. The summed E-state index contributed by atoms with van der Waals surface area (Å²) in [6, 6.07) is 8.55. The summed E-state index contributed by atoms with van der Waals surface area (Å²) in [5, 5.41) is 5.25. The number of aromatic nitrogens is 3. The Balaban J connectivity index is 1.22.